The van der Waals surface area contributed by atoms with Gasteiger partial charge in [0, 0.05) is 19.0 Å². The maximum absolute atomic E-state index is 12.3. The quantitative estimate of drug-likeness (QED) is 0.919. The van der Waals surface area contributed by atoms with Crippen molar-refractivity contribution in [1.29, 1.82) is 0 Å². The molecule has 110 valence electrons. The van der Waals surface area contributed by atoms with Crippen molar-refractivity contribution in [3.05, 3.63) is 29.8 Å². The number of nitrogens with zero attached hydrogens (tertiary/aromatic N) is 1. The van der Waals surface area contributed by atoms with E-state index in [1.54, 1.807) is 7.11 Å². The number of hydrogen-bond acceptors (Lipinski definition) is 3. The fourth-order valence-electron chi connectivity index (χ4n) is 2.93. The average Bonchev–Trinajstić information content (AvgIpc) is 2.59. The Morgan fingerprint density at radius 1 is 1.45 bits per heavy atom. The molecule has 1 aliphatic rings. The zero-order chi connectivity index (χ0) is 14.5. The number of methoxy groups -OCH3 is 1. The van der Waals surface area contributed by atoms with Crippen LogP contribution in [0.1, 0.15) is 44.2 Å². The van der Waals surface area contributed by atoms with E-state index < -0.39 is 0 Å². The van der Waals surface area contributed by atoms with Crippen LogP contribution in [0.2, 0.25) is 0 Å². The van der Waals surface area contributed by atoms with Crippen LogP contribution in [0.15, 0.2) is 24.3 Å². The molecule has 0 saturated carbocycles. The molecular formula is C16H24N2O2. The smallest absolute Gasteiger partial charge is 0.223 e. The molecule has 2 rings (SSSR count). The van der Waals surface area contributed by atoms with Crippen molar-refractivity contribution < 1.29 is 9.53 Å². The van der Waals surface area contributed by atoms with Crippen molar-refractivity contribution in [3.8, 4) is 5.75 Å². The minimum atomic E-state index is -0.0416. The number of rotatable bonds is 4. The van der Waals surface area contributed by atoms with Crippen LogP contribution in [0, 0.1) is 0 Å². The maximum Gasteiger partial charge on any atom is 0.223 e. The molecule has 20 heavy (non-hydrogen) atoms. The third-order valence-corrected chi connectivity index (χ3v) is 3.89. The molecule has 1 aromatic carbocycles. The van der Waals surface area contributed by atoms with Crippen LogP contribution in [0.4, 0.5) is 0 Å². The molecule has 0 aromatic heterocycles. The summed E-state index contributed by atoms with van der Waals surface area (Å²) < 4.78 is 5.29. The van der Waals surface area contributed by atoms with E-state index in [0.29, 0.717) is 6.42 Å². The molecule has 1 amide bonds. The lowest BCUT2D eigenvalue weighted by Gasteiger charge is -2.34. The fourth-order valence-corrected chi connectivity index (χ4v) is 2.93. The van der Waals surface area contributed by atoms with Crippen LogP contribution in [0.3, 0.4) is 0 Å². The summed E-state index contributed by atoms with van der Waals surface area (Å²) in [5.41, 5.74) is 7.42. The fraction of sp³-hybridized carbons (Fsp3) is 0.562. The van der Waals surface area contributed by atoms with E-state index in [9.17, 15) is 4.79 Å². The summed E-state index contributed by atoms with van der Waals surface area (Å²) >= 11 is 0. The van der Waals surface area contributed by atoms with Gasteiger partial charge in [0.15, 0.2) is 0 Å². The van der Waals surface area contributed by atoms with E-state index >= 15 is 0 Å². The van der Waals surface area contributed by atoms with Crippen molar-refractivity contribution in [2.75, 3.05) is 13.7 Å². The van der Waals surface area contributed by atoms with Crippen molar-refractivity contribution in [3.63, 3.8) is 0 Å². The number of amides is 1. The lowest BCUT2D eigenvalue weighted by Crippen LogP contribution is -2.42. The normalized spacial score (nSPS) is 23.6. The van der Waals surface area contributed by atoms with Crippen LogP contribution in [0.5, 0.6) is 5.75 Å². The molecule has 1 heterocycles. The predicted octanol–water partition coefficient (Wildman–Crippen LogP) is 2.49. The predicted molar refractivity (Wildman–Crippen MR) is 79.6 cm³/mol. The maximum atomic E-state index is 12.3. The minimum Gasteiger partial charge on any atom is -0.497 e. The topological polar surface area (TPSA) is 55.6 Å². The second-order valence-corrected chi connectivity index (χ2v) is 5.36. The molecule has 1 fully saturated rings. The Labute approximate surface area is 120 Å². The highest BCUT2D eigenvalue weighted by Gasteiger charge is 2.32. The highest BCUT2D eigenvalue weighted by molar-refractivity contribution is 5.77. The second-order valence-electron chi connectivity index (χ2n) is 5.36. The van der Waals surface area contributed by atoms with Gasteiger partial charge >= 0.3 is 0 Å². The van der Waals surface area contributed by atoms with Crippen LogP contribution in [-0.2, 0) is 4.79 Å². The van der Waals surface area contributed by atoms with E-state index in [1.807, 2.05) is 29.2 Å². The van der Waals surface area contributed by atoms with Crippen molar-refractivity contribution in [1.82, 2.24) is 4.90 Å². The summed E-state index contributed by atoms with van der Waals surface area (Å²) in [6.07, 6.45) is 3.31. The van der Waals surface area contributed by atoms with Gasteiger partial charge in [0.2, 0.25) is 5.91 Å². The van der Waals surface area contributed by atoms with Gasteiger partial charge in [-0.25, -0.2) is 0 Å². The Kier molecular flexibility index (Phi) is 5.01. The van der Waals surface area contributed by atoms with Gasteiger partial charge in [-0.1, -0.05) is 19.1 Å². The number of carbonyl (C=O) groups is 1. The minimum absolute atomic E-state index is 0.0138. The average molecular weight is 276 g/mol. The molecule has 0 bridgehead atoms. The van der Waals surface area contributed by atoms with Gasteiger partial charge in [-0.2, -0.15) is 0 Å². The summed E-state index contributed by atoms with van der Waals surface area (Å²) in [7, 11) is 1.65. The molecule has 2 unspecified atom stereocenters. The van der Waals surface area contributed by atoms with Gasteiger partial charge < -0.3 is 15.4 Å². The summed E-state index contributed by atoms with van der Waals surface area (Å²) in [6, 6.07) is 7.85. The number of ether oxygens (including phenoxy) is 1. The summed E-state index contributed by atoms with van der Waals surface area (Å²) in [4.78, 5) is 14.3. The van der Waals surface area contributed by atoms with Crippen LogP contribution in [0.25, 0.3) is 0 Å². The first-order chi connectivity index (χ1) is 9.67. The molecule has 1 aliphatic heterocycles. The van der Waals surface area contributed by atoms with E-state index in [-0.39, 0.29) is 18.0 Å². The van der Waals surface area contributed by atoms with Gasteiger partial charge in [0.05, 0.1) is 13.2 Å². The zero-order valence-corrected chi connectivity index (χ0v) is 12.3. The van der Waals surface area contributed by atoms with Crippen molar-refractivity contribution in [2.24, 2.45) is 5.73 Å². The number of likely N-dealkylation sites (tertiary alicyclic amines) is 1. The zero-order valence-electron chi connectivity index (χ0n) is 12.3. The van der Waals surface area contributed by atoms with E-state index in [4.69, 9.17) is 10.5 Å². The number of nitrogens with two attached hydrogens (primary N) is 1. The first-order valence-corrected chi connectivity index (χ1v) is 7.36. The van der Waals surface area contributed by atoms with Gasteiger partial charge in [-0.3, -0.25) is 4.79 Å². The second kappa shape index (κ2) is 6.75. The Balaban J connectivity index is 2.37. The molecule has 1 aromatic rings. The van der Waals surface area contributed by atoms with E-state index in [1.165, 1.54) is 0 Å². The molecule has 2 N–H and O–H groups in total. The van der Waals surface area contributed by atoms with Crippen LogP contribution in [-0.4, -0.2) is 30.5 Å². The molecule has 4 nitrogen and oxygen atoms in total. The van der Waals surface area contributed by atoms with E-state index in [2.05, 4.69) is 6.92 Å². The van der Waals surface area contributed by atoms with Crippen molar-refractivity contribution in [2.45, 2.75) is 44.7 Å². The first-order valence-electron chi connectivity index (χ1n) is 7.36. The van der Waals surface area contributed by atoms with Crippen LogP contribution >= 0.6 is 0 Å². The third-order valence-electron chi connectivity index (χ3n) is 3.89. The molecule has 4 heteroatoms. The van der Waals surface area contributed by atoms with Gasteiger partial charge in [-0.05, 0) is 37.0 Å². The highest BCUT2D eigenvalue weighted by Crippen LogP contribution is 2.31. The number of hydrogen-bond donors (Lipinski definition) is 1. The number of benzene rings is 1. The lowest BCUT2D eigenvalue weighted by atomic mass is 9.96. The van der Waals surface area contributed by atoms with E-state index in [0.717, 1.165) is 37.1 Å². The molecule has 0 radical (unpaired) electrons. The standard InChI is InChI=1S/C16H24N2O2/c1-3-10-18-15(19)9-5-8-14(17)16(18)12-6-4-7-13(11-12)20-2/h4,6-7,11,14,16H,3,5,8-10,17H2,1-2H3. The third kappa shape index (κ3) is 3.12. The SMILES string of the molecule is CCCN1C(=O)CCCC(N)C1c1cccc(OC)c1. The van der Waals surface area contributed by atoms with Crippen molar-refractivity contribution >= 4 is 5.91 Å². The summed E-state index contributed by atoms with van der Waals surface area (Å²) in [5, 5.41) is 0. The monoisotopic (exact) mass is 276 g/mol. The number of carbonyl (C=O) groups excluding carboxylic acids is 1. The van der Waals surface area contributed by atoms with Gasteiger partial charge in [0.25, 0.3) is 0 Å². The molecular weight excluding hydrogens is 252 g/mol. The highest BCUT2D eigenvalue weighted by atomic mass is 16.5. The Bertz CT molecular complexity index is 462. The molecule has 1 saturated heterocycles. The largest absolute Gasteiger partial charge is 0.497 e. The Morgan fingerprint density at radius 3 is 2.95 bits per heavy atom. The van der Waals surface area contributed by atoms with Crippen LogP contribution < -0.4 is 10.5 Å². The van der Waals surface area contributed by atoms with Gasteiger partial charge in [0.1, 0.15) is 5.75 Å². The molecule has 0 aliphatic carbocycles. The van der Waals surface area contributed by atoms with Gasteiger partial charge in [-0.15, -0.1) is 0 Å². The summed E-state index contributed by atoms with van der Waals surface area (Å²) in [6.45, 7) is 2.85. The first kappa shape index (κ1) is 14.9. The lowest BCUT2D eigenvalue weighted by molar-refractivity contribution is -0.133. The summed E-state index contributed by atoms with van der Waals surface area (Å²) in [5.74, 6) is 1.02. The Hall–Kier alpha value is -1.55. The Morgan fingerprint density at radius 2 is 2.25 bits per heavy atom. The molecule has 0 spiro atoms. The molecule has 2 atom stereocenters.